The van der Waals surface area contributed by atoms with E-state index in [4.69, 9.17) is 4.74 Å². The first-order valence-corrected chi connectivity index (χ1v) is 8.62. The van der Waals surface area contributed by atoms with E-state index < -0.39 is 0 Å². The molecule has 0 spiro atoms. The number of benzene rings is 2. The number of anilines is 1. The van der Waals surface area contributed by atoms with E-state index in [1.54, 1.807) is 0 Å². The Hall–Kier alpha value is -2.55. The maximum Gasteiger partial charge on any atom is 0.308 e. The molecule has 0 fully saturated rings. The fourth-order valence-electron chi connectivity index (χ4n) is 3.53. The van der Waals surface area contributed by atoms with Gasteiger partial charge < -0.3 is 9.64 Å². The van der Waals surface area contributed by atoms with Crippen LogP contribution >= 0.6 is 0 Å². The average molecular weight is 335 g/mol. The number of ether oxygens (including phenoxy) is 1. The minimum atomic E-state index is -0.290. The Bertz CT molecular complexity index is 835. The monoisotopic (exact) mass is 335 g/mol. The van der Waals surface area contributed by atoms with Crippen molar-refractivity contribution in [1.82, 2.24) is 0 Å². The van der Waals surface area contributed by atoms with Crippen molar-refractivity contribution >= 4 is 17.2 Å². The average Bonchev–Trinajstić information content (AvgIpc) is 2.53. The molecule has 0 aliphatic carbocycles. The van der Waals surface area contributed by atoms with Gasteiger partial charge in [-0.1, -0.05) is 36.4 Å². The van der Waals surface area contributed by atoms with Gasteiger partial charge in [0.15, 0.2) is 0 Å². The van der Waals surface area contributed by atoms with Gasteiger partial charge in [-0.2, -0.15) is 0 Å². The van der Waals surface area contributed by atoms with Gasteiger partial charge in [-0.25, -0.2) is 0 Å². The first-order chi connectivity index (χ1) is 11.8. The molecule has 0 saturated carbocycles. The molecular formula is C22H25NO2. The number of aryl methyl sites for hydroxylation is 1. The standard InChI is InChI=1S/C22H25NO2/c1-15-11-20-19(12-21(15)25-17(3)24)16(2)13-22(4,5)23(20)14-18-9-7-6-8-10-18/h6-13H,14H2,1-5H3. The van der Waals surface area contributed by atoms with E-state index >= 15 is 0 Å². The van der Waals surface area contributed by atoms with E-state index in [0.29, 0.717) is 5.75 Å². The summed E-state index contributed by atoms with van der Waals surface area (Å²) in [7, 11) is 0. The van der Waals surface area contributed by atoms with Crippen molar-refractivity contribution < 1.29 is 9.53 Å². The van der Waals surface area contributed by atoms with Crippen LogP contribution in [-0.4, -0.2) is 11.5 Å². The highest BCUT2D eigenvalue weighted by atomic mass is 16.5. The summed E-state index contributed by atoms with van der Waals surface area (Å²) in [5, 5.41) is 0. The van der Waals surface area contributed by atoms with E-state index in [0.717, 1.165) is 17.7 Å². The van der Waals surface area contributed by atoms with Gasteiger partial charge in [0.2, 0.25) is 0 Å². The molecule has 1 heterocycles. The molecular weight excluding hydrogens is 310 g/mol. The van der Waals surface area contributed by atoms with Crippen LogP contribution in [0.3, 0.4) is 0 Å². The third-order valence-electron chi connectivity index (χ3n) is 4.71. The molecule has 130 valence electrons. The number of rotatable bonds is 3. The van der Waals surface area contributed by atoms with Crippen molar-refractivity contribution in [1.29, 1.82) is 0 Å². The van der Waals surface area contributed by atoms with E-state index in [-0.39, 0.29) is 11.5 Å². The second kappa shape index (κ2) is 6.40. The van der Waals surface area contributed by atoms with Gasteiger partial charge in [-0.15, -0.1) is 0 Å². The molecule has 2 aromatic rings. The molecule has 25 heavy (non-hydrogen) atoms. The highest BCUT2D eigenvalue weighted by Gasteiger charge is 2.32. The Morgan fingerprint density at radius 1 is 1.12 bits per heavy atom. The highest BCUT2D eigenvalue weighted by Crippen LogP contribution is 2.42. The molecule has 0 amide bonds. The molecule has 1 aliphatic heterocycles. The van der Waals surface area contributed by atoms with Crippen molar-refractivity contribution in [3.63, 3.8) is 0 Å². The molecule has 0 N–H and O–H groups in total. The minimum Gasteiger partial charge on any atom is -0.426 e. The third-order valence-corrected chi connectivity index (χ3v) is 4.71. The molecule has 3 nitrogen and oxygen atoms in total. The largest absolute Gasteiger partial charge is 0.426 e. The summed E-state index contributed by atoms with van der Waals surface area (Å²) < 4.78 is 5.38. The van der Waals surface area contributed by atoms with Crippen molar-refractivity contribution in [2.24, 2.45) is 0 Å². The predicted octanol–water partition coefficient (Wildman–Crippen LogP) is 5.12. The van der Waals surface area contributed by atoms with Crippen LogP contribution in [0.1, 0.15) is 44.4 Å². The summed E-state index contributed by atoms with van der Waals surface area (Å²) in [6.07, 6.45) is 2.28. The highest BCUT2D eigenvalue weighted by molar-refractivity contribution is 5.83. The Kier molecular flexibility index (Phi) is 4.42. The number of nitrogens with zero attached hydrogens (tertiary/aromatic N) is 1. The van der Waals surface area contributed by atoms with Crippen molar-refractivity contribution in [2.45, 2.75) is 46.7 Å². The SMILES string of the molecule is CC(=O)Oc1cc2c(cc1C)N(Cc1ccccc1)C(C)(C)C=C2C. The van der Waals surface area contributed by atoms with Crippen LogP contribution in [-0.2, 0) is 11.3 Å². The van der Waals surface area contributed by atoms with Crippen LogP contribution in [0.2, 0.25) is 0 Å². The normalized spacial score (nSPS) is 15.4. The minimum absolute atomic E-state index is 0.0949. The van der Waals surface area contributed by atoms with Gasteiger partial charge in [0, 0.05) is 24.7 Å². The van der Waals surface area contributed by atoms with Crippen molar-refractivity contribution in [3.8, 4) is 5.75 Å². The van der Waals surface area contributed by atoms with Gasteiger partial charge >= 0.3 is 5.97 Å². The lowest BCUT2D eigenvalue weighted by molar-refractivity contribution is -0.131. The molecule has 0 bridgehead atoms. The Morgan fingerprint density at radius 2 is 1.80 bits per heavy atom. The summed E-state index contributed by atoms with van der Waals surface area (Å²) in [6.45, 7) is 10.8. The molecule has 0 atom stereocenters. The Balaban J connectivity index is 2.09. The lowest BCUT2D eigenvalue weighted by Gasteiger charge is -2.43. The number of allylic oxidation sites excluding steroid dienone is 1. The lowest BCUT2D eigenvalue weighted by atomic mass is 9.87. The van der Waals surface area contributed by atoms with Crippen LogP contribution < -0.4 is 9.64 Å². The second-order valence-corrected chi connectivity index (χ2v) is 7.28. The van der Waals surface area contributed by atoms with Crippen molar-refractivity contribution in [2.75, 3.05) is 4.90 Å². The Labute approximate surface area is 149 Å². The first-order valence-electron chi connectivity index (χ1n) is 8.62. The zero-order chi connectivity index (χ0) is 18.2. The van der Waals surface area contributed by atoms with E-state index in [9.17, 15) is 4.79 Å². The summed E-state index contributed by atoms with van der Waals surface area (Å²) in [5.74, 6) is 0.348. The summed E-state index contributed by atoms with van der Waals surface area (Å²) in [5.41, 5.74) is 5.66. The third kappa shape index (κ3) is 3.46. The van der Waals surface area contributed by atoms with Gasteiger partial charge in [-0.3, -0.25) is 4.79 Å². The predicted molar refractivity (Wildman–Crippen MR) is 103 cm³/mol. The van der Waals surface area contributed by atoms with Crippen LogP contribution in [0.5, 0.6) is 5.75 Å². The van der Waals surface area contributed by atoms with E-state index in [1.807, 2.05) is 19.1 Å². The van der Waals surface area contributed by atoms with Crippen LogP contribution in [0.4, 0.5) is 5.69 Å². The summed E-state index contributed by atoms with van der Waals surface area (Å²) >= 11 is 0. The summed E-state index contributed by atoms with van der Waals surface area (Å²) in [6, 6.07) is 14.6. The molecule has 1 aliphatic rings. The zero-order valence-electron chi connectivity index (χ0n) is 15.6. The first kappa shape index (κ1) is 17.3. The lowest BCUT2D eigenvalue weighted by Crippen LogP contribution is -2.44. The fourth-order valence-corrected chi connectivity index (χ4v) is 3.53. The molecule has 0 radical (unpaired) electrons. The zero-order valence-corrected chi connectivity index (χ0v) is 15.6. The quantitative estimate of drug-likeness (QED) is 0.576. The molecule has 3 heteroatoms. The maximum absolute atomic E-state index is 11.4. The van der Waals surface area contributed by atoms with Crippen LogP contribution in [0.15, 0.2) is 48.5 Å². The second-order valence-electron chi connectivity index (χ2n) is 7.28. The molecule has 3 rings (SSSR count). The number of hydrogen-bond donors (Lipinski definition) is 0. The van der Waals surface area contributed by atoms with E-state index in [1.165, 1.54) is 23.7 Å². The van der Waals surface area contributed by atoms with Gasteiger partial charge in [0.1, 0.15) is 5.75 Å². The van der Waals surface area contributed by atoms with Crippen LogP contribution in [0.25, 0.3) is 5.57 Å². The fraction of sp³-hybridized carbons (Fsp3) is 0.318. The number of fused-ring (bicyclic) bond motifs is 1. The van der Waals surface area contributed by atoms with Crippen molar-refractivity contribution in [3.05, 3.63) is 65.2 Å². The molecule has 0 unspecified atom stereocenters. The van der Waals surface area contributed by atoms with Gasteiger partial charge in [0.05, 0.1) is 5.54 Å². The number of carbonyl (C=O) groups excluding carboxylic acids is 1. The molecule has 2 aromatic carbocycles. The Morgan fingerprint density at radius 3 is 2.44 bits per heavy atom. The van der Waals surface area contributed by atoms with Crippen LogP contribution in [0, 0.1) is 6.92 Å². The molecule has 0 saturated heterocycles. The molecule has 0 aromatic heterocycles. The van der Waals surface area contributed by atoms with Gasteiger partial charge in [0.25, 0.3) is 0 Å². The number of carbonyl (C=O) groups is 1. The van der Waals surface area contributed by atoms with E-state index in [2.05, 4.69) is 62.1 Å². The topological polar surface area (TPSA) is 29.5 Å². The smallest absolute Gasteiger partial charge is 0.308 e. The van der Waals surface area contributed by atoms with Gasteiger partial charge in [-0.05, 0) is 56.5 Å². The maximum atomic E-state index is 11.4. The number of esters is 1. The number of hydrogen-bond acceptors (Lipinski definition) is 3. The summed E-state index contributed by atoms with van der Waals surface area (Å²) in [4.78, 5) is 13.8.